The van der Waals surface area contributed by atoms with Crippen LogP contribution in [0.15, 0.2) is 11.4 Å². The zero-order valence-corrected chi connectivity index (χ0v) is 5.37. The molecule has 0 saturated carbocycles. The van der Waals surface area contributed by atoms with E-state index in [1.807, 2.05) is 0 Å². The number of hydrogen-bond acceptors (Lipinski definition) is 1. The molecule has 0 aliphatic heterocycles. The Bertz CT molecular complexity index is 203. The molecular formula is C5H4F4O2. The van der Waals surface area contributed by atoms with Crippen molar-refractivity contribution < 1.29 is 27.5 Å². The van der Waals surface area contributed by atoms with Gasteiger partial charge < -0.3 is 5.11 Å². The Morgan fingerprint density at radius 2 is 1.73 bits per heavy atom. The molecule has 0 saturated heterocycles. The monoisotopic (exact) mass is 172 g/mol. The van der Waals surface area contributed by atoms with Crippen LogP contribution in [0, 0.1) is 0 Å². The Hall–Kier alpha value is -1.07. The third-order valence-corrected chi connectivity index (χ3v) is 0.942. The van der Waals surface area contributed by atoms with E-state index in [0.29, 0.717) is 6.92 Å². The number of carboxylic acids is 1. The highest BCUT2D eigenvalue weighted by Gasteiger charge is 2.35. The Labute approximate surface area is 59.1 Å². The highest BCUT2D eigenvalue weighted by molar-refractivity contribution is 5.85. The molecule has 0 aromatic rings. The third-order valence-electron chi connectivity index (χ3n) is 0.942. The second-order valence-electron chi connectivity index (χ2n) is 1.74. The lowest BCUT2D eigenvalue weighted by atomic mass is 10.2. The Kier molecular flexibility index (Phi) is 2.61. The quantitative estimate of drug-likeness (QED) is 0.484. The normalized spacial score (nSPS) is 14.3. The van der Waals surface area contributed by atoms with Crippen LogP contribution in [-0.2, 0) is 4.79 Å². The van der Waals surface area contributed by atoms with E-state index in [1.54, 1.807) is 0 Å². The summed E-state index contributed by atoms with van der Waals surface area (Å²) < 4.78 is 46.5. The molecule has 0 heterocycles. The maximum atomic E-state index is 12.0. The van der Waals surface area contributed by atoms with Crippen molar-refractivity contribution in [2.24, 2.45) is 0 Å². The summed E-state index contributed by atoms with van der Waals surface area (Å²) in [5.41, 5.74) is -1.73. The molecule has 0 spiro atoms. The molecule has 64 valence electrons. The molecule has 1 N–H and O–H groups in total. The van der Waals surface area contributed by atoms with Gasteiger partial charge in [0, 0.05) is 0 Å². The fourth-order valence-corrected chi connectivity index (χ4v) is 0.285. The topological polar surface area (TPSA) is 37.3 Å². The Morgan fingerprint density at radius 3 is 1.82 bits per heavy atom. The standard InChI is InChI=1S/C5H4F4O2/c1-2(5(7,8)9)3(6)4(10)11/h1H3,(H,10,11)/b3-2+. The fourth-order valence-electron chi connectivity index (χ4n) is 0.285. The maximum absolute atomic E-state index is 12.0. The van der Waals surface area contributed by atoms with Gasteiger partial charge in [-0.05, 0) is 6.92 Å². The van der Waals surface area contributed by atoms with Crippen molar-refractivity contribution in [3.63, 3.8) is 0 Å². The van der Waals surface area contributed by atoms with Crippen molar-refractivity contribution in [2.45, 2.75) is 13.1 Å². The summed E-state index contributed by atoms with van der Waals surface area (Å²) in [5.74, 6) is -4.38. The van der Waals surface area contributed by atoms with Gasteiger partial charge in [-0.2, -0.15) is 17.6 Å². The molecule has 0 aromatic heterocycles. The summed E-state index contributed by atoms with van der Waals surface area (Å²) in [6, 6.07) is 0. The molecule has 0 rings (SSSR count). The van der Waals surface area contributed by atoms with Crippen LogP contribution in [0.2, 0.25) is 0 Å². The lowest BCUT2D eigenvalue weighted by Gasteiger charge is -2.05. The first-order chi connectivity index (χ1) is 4.76. The van der Waals surface area contributed by atoms with Crippen molar-refractivity contribution in [1.82, 2.24) is 0 Å². The number of carbonyl (C=O) groups is 1. The highest BCUT2D eigenvalue weighted by atomic mass is 19.4. The molecular weight excluding hydrogens is 168 g/mol. The van der Waals surface area contributed by atoms with E-state index in [2.05, 4.69) is 0 Å². The largest absolute Gasteiger partial charge is 0.476 e. The van der Waals surface area contributed by atoms with Gasteiger partial charge >= 0.3 is 12.1 Å². The lowest BCUT2D eigenvalue weighted by Crippen LogP contribution is -2.13. The van der Waals surface area contributed by atoms with Gasteiger partial charge in [-0.15, -0.1) is 0 Å². The molecule has 11 heavy (non-hydrogen) atoms. The van der Waals surface area contributed by atoms with Crippen LogP contribution in [0.3, 0.4) is 0 Å². The third kappa shape index (κ3) is 2.57. The van der Waals surface area contributed by atoms with Crippen molar-refractivity contribution in [2.75, 3.05) is 0 Å². The molecule has 2 nitrogen and oxygen atoms in total. The summed E-state index contributed by atoms with van der Waals surface area (Å²) in [4.78, 5) is 9.65. The van der Waals surface area contributed by atoms with Crippen LogP contribution in [-0.4, -0.2) is 17.3 Å². The van der Waals surface area contributed by atoms with Gasteiger partial charge in [0.15, 0.2) is 0 Å². The van der Waals surface area contributed by atoms with Crippen LogP contribution in [0.4, 0.5) is 17.6 Å². The average molecular weight is 172 g/mol. The van der Waals surface area contributed by atoms with Crippen LogP contribution in [0.1, 0.15) is 6.92 Å². The smallest absolute Gasteiger partial charge is 0.415 e. The van der Waals surface area contributed by atoms with Crippen molar-refractivity contribution in [3.8, 4) is 0 Å². The number of hydrogen-bond donors (Lipinski definition) is 1. The first kappa shape index (κ1) is 9.93. The van der Waals surface area contributed by atoms with Crippen LogP contribution < -0.4 is 0 Å². The van der Waals surface area contributed by atoms with Crippen molar-refractivity contribution in [3.05, 3.63) is 11.4 Å². The summed E-state index contributed by atoms with van der Waals surface area (Å²) in [6.07, 6.45) is -4.91. The van der Waals surface area contributed by atoms with E-state index in [0.717, 1.165) is 0 Å². The number of rotatable bonds is 1. The van der Waals surface area contributed by atoms with Crippen molar-refractivity contribution >= 4 is 5.97 Å². The number of allylic oxidation sites excluding steroid dienone is 1. The van der Waals surface area contributed by atoms with E-state index >= 15 is 0 Å². The van der Waals surface area contributed by atoms with Gasteiger partial charge in [-0.1, -0.05) is 0 Å². The van der Waals surface area contributed by atoms with Gasteiger partial charge in [0.1, 0.15) is 0 Å². The number of alkyl halides is 3. The zero-order chi connectivity index (χ0) is 9.23. The fraction of sp³-hybridized carbons (Fsp3) is 0.400. The minimum atomic E-state index is -4.91. The molecule has 0 bridgehead atoms. The van der Waals surface area contributed by atoms with E-state index in [9.17, 15) is 22.4 Å². The van der Waals surface area contributed by atoms with Gasteiger partial charge in [0.2, 0.25) is 5.83 Å². The summed E-state index contributed by atoms with van der Waals surface area (Å²) in [6.45, 7) is 0.365. The molecule has 0 amide bonds. The van der Waals surface area contributed by atoms with Crippen LogP contribution >= 0.6 is 0 Å². The molecule has 0 aliphatic rings. The predicted molar refractivity (Wildman–Crippen MR) is 27.5 cm³/mol. The van der Waals surface area contributed by atoms with E-state index < -0.39 is 23.5 Å². The summed E-state index contributed by atoms with van der Waals surface area (Å²) in [7, 11) is 0. The number of aliphatic carboxylic acids is 1. The minimum absolute atomic E-state index is 0.365. The first-order valence-electron chi connectivity index (χ1n) is 2.43. The van der Waals surface area contributed by atoms with Gasteiger partial charge in [-0.25, -0.2) is 4.79 Å². The van der Waals surface area contributed by atoms with Crippen LogP contribution in [0.5, 0.6) is 0 Å². The second-order valence-corrected chi connectivity index (χ2v) is 1.74. The molecule has 0 radical (unpaired) electrons. The SMILES string of the molecule is C/C(=C(\F)C(=O)O)C(F)(F)F. The number of carboxylic acid groups (broad SMARTS) is 1. The molecule has 0 aliphatic carbocycles. The van der Waals surface area contributed by atoms with Gasteiger partial charge in [0.05, 0.1) is 5.57 Å². The molecule has 0 fully saturated rings. The first-order valence-corrected chi connectivity index (χ1v) is 2.43. The molecule has 0 atom stereocenters. The van der Waals surface area contributed by atoms with Gasteiger partial charge in [-0.3, -0.25) is 0 Å². The predicted octanol–water partition coefficient (Wildman–Crippen LogP) is 1.88. The molecule has 6 heteroatoms. The molecule has 0 unspecified atom stereocenters. The lowest BCUT2D eigenvalue weighted by molar-refractivity contribution is -0.136. The minimum Gasteiger partial charge on any atom is -0.476 e. The Balaban J connectivity index is 4.82. The van der Waals surface area contributed by atoms with Crippen LogP contribution in [0.25, 0.3) is 0 Å². The summed E-state index contributed by atoms with van der Waals surface area (Å²) in [5, 5.41) is 7.78. The average Bonchev–Trinajstić information content (AvgIpc) is 1.82. The summed E-state index contributed by atoms with van der Waals surface area (Å²) >= 11 is 0. The van der Waals surface area contributed by atoms with E-state index in [4.69, 9.17) is 5.11 Å². The molecule has 0 aromatic carbocycles. The Morgan fingerprint density at radius 1 is 1.36 bits per heavy atom. The van der Waals surface area contributed by atoms with E-state index in [-0.39, 0.29) is 0 Å². The van der Waals surface area contributed by atoms with Crippen molar-refractivity contribution in [1.29, 1.82) is 0 Å². The zero-order valence-electron chi connectivity index (χ0n) is 5.37. The maximum Gasteiger partial charge on any atom is 0.415 e. The van der Waals surface area contributed by atoms with E-state index in [1.165, 1.54) is 0 Å². The number of halogens is 4. The second kappa shape index (κ2) is 2.89. The highest BCUT2D eigenvalue weighted by Crippen LogP contribution is 2.27. The van der Waals surface area contributed by atoms with Gasteiger partial charge in [0.25, 0.3) is 0 Å².